The highest BCUT2D eigenvalue weighted by Gasteiger charge is 2.47. The minimum Gasteiger partial charge on any atom is -0.486 e. The van der Waals surface area contributed by atoms with E-state index in [-0.39, 0.29) is 23.7 Å². The van der Waals surface area contributed by atoms with E-state index < -0.39 is 0 Å². The van der Waals surface area contributed by atoms with Crippen LogP contribution in [-0.2, 0) is 14.3 Å². The van der Waals surface area contributed by atoms with Gasteiger partial charge >= 0.3 is 0 Å². The van der Waals surface area contributed by atoms with Crippen LogP contribution in [0.2, 0.25) is 0 Å². The van der Waals surface area contributed by atoms with Crippen molar-refractivity contribution >= 4 is 17.5 Å². The topological polar surface area (TPSA) is 85.9 Å². The standard InChI is InChI=1S/C17H22N2O5/c1-22-6-2-5-18-16(20)12-10-13(12)17(21)19-11-3-4-14-15(9-11)24-8-7-23-14/h3-4,9,12-13H,2,5-8,10H2,1H3,(H,18,20)(H,19,21). The Kier molecular flexibility index (Phi) is 5.20. The second kappa shape index (κ2) is 7.53. The van der Waals surface area contributed by atoms with Gasteiger partial charge in [-0.1, -0.05) is 0 Å². The lowest BCUT2D eigenvalue weighted by Gasteiger charge is -2.19. The van der Waals surface area contributed by atoms with Gasteiger partial charge in [-0.3, -0.25) is 9.59 Å². The summed E-state index contributed by atoms with van der Waals surface area (Å²) < 4.78 is 15.9. The van der Waals surface area contributed by atoms with Gasteiger partial charge in [0.2, 0.25) is 11.8 Å². The Hall–Kier alpha value is -2.28. The first kappa shape index (κ1) is 16.6. The monoisotopic (exact) mass is 334 g/mol. The van der Waals surface area contributed by atoms with Gasteiger partial charge in [0.1, 0.15) is 13.2 Å². The summed E-state index contributed by atoms with van der Waals surface area (Å²) in [6.07, 6.45) is 1.36. The molecule has 0 radical (unpaired) electrons. The third kappa shape index (κ3) is 3.97. The number of ether oxygens (including phenoxy) is 3. The minimum absolute atomic E-state index is 0.0616. The molecule has 7 nitrogen and oxygen atoms in total. The SMILES string of the molecule is COCCCNC(=O)C1CC1C(=O)Nc1ccc2c(c1)OCCO2. The maximum atomic E-state index is 12.3. The molecule has 1 aliphatic heterocycles. The van der Waals surface area contributed by atoms with E-state index in [1.165, 1.54) is 0 Å². The molecular formula is C17H22N2O5. The zero-order valence-electron chi connectivity index (χ0n) is 13.7. The van der Waals surface area contributed by atoms with Gasteiger partial charge in [-0.2, -0.15) is 0 Å². The fourth-order valence-electron chi connectivity index (χ4n) is 2.69. The van der Waals surface area contributed by atoms with Gasteiger partial charge in [0.25, 0.3) is 0 Å². The normalized spacial score (nSPS) is 21.0. The summed E-state index contributed by atoms with van der Waals surface area (Å²) in [6.45, 7) is 2.21. The Labute approximate surface area is 140 Å². The Morgan fingerprint density at radius 1 is 1.17 bits per heavy atom. The van der Waals surface area contributed by atoms with Gasteiger partial charge in [-0.15, -0.1) is 0 Å². The third-order valence-corrected chi connectivity index (χ3v) is 4.10. The number of fused-ring (bicyclic) bond motifs is 1. The van der Waals surface area contributed by atoms with Crippen LogP contribution in [0.1, 0.15) is 12.8 Å². The molecule has 2 amide bonds. The van der Waals surface area contributed by atoms with E-state index in [1.54, 1.807) is 25.3 Å². The zero-order valence-corrected chi connectivity index (χ0v) is 13.7. The number of hydrogen-bond donors (Lipinski definition) is 2. The molecule has 24 heavy (non-hydrogen) atoms. The molecule has 2 unspecified atom stereocenters. The lowest BCUT2D eigenvalue weighted by atomic mass is 10.2. The molecule has 0 spiro atoms. The van der Waals surface area contributed by atoms with Gasteiger partial charge in [-0.05, 0) is 25.0 Å². The molecule has 2 atom stereocenters. The minimum atomic E-state index is -0.263. The molecule has 1 aromatic carbocycles. The van der Waals surface area contributed by atoms with Gasteiger partial charge in [0.05, 0.1) is 11.8 Å². The van der Waals surface area contributed by atoms with Crippen molar-refractivity contribution in [3.05, 3.63) is 18.2 Å². The summed E-state index contributed by atoms with van der Waals surface area (Å²) in [5.41, 5.74) is 0.649. The van der Waals surface area contributed by atoms with Crippen molar-refractivity contribution in [2.45, 2.75) is 12.8 Å². The van der Waals surface area contributed by atoms with Crippen molar-refractivity contribution in [2.75, 3.05) is 38.8 Å². The average molecular weight is 334 g/mol. The predicted molar refractivity (Wildman–Crippen MR) is 87.2 cm³/mol. The second-order valence-electron chi connectivity index (χ2n) is 5.93. The maximum Gasteiger partial charge on any atom is 0.228 e. The highest BCUT2D eigenvalue weighted by Crippen LogP contribution is 2.40. The van der Waals surface area contributed by atoms with Gasteiger partial charge in [-0.25, -0.2) is 0 Å². The molecule has 2 N–H and O–H groups in total. The van der Waals surface area contributed by atoms with Gasteiger partial charge in [0, 0.05) is 32.0 Å². The van der Waals surface area contributed by atoms with Crippen LogP contribution < -0.4 is 20.1 Å². The molecule has 3 rings (SSSR count). The number of hydrogen-bond acceptors (Lipinski definition) is 5. The zero-order chi connectivity index (χ0) is 16.9. The van der Waals surface area contributed by atoms with E-state index in [0.29, 0.717) is 50.0 Å². The predicted octanol–water partition coefficient (Wildman–Crippen LogP) is 1.19. The molecule has 2 aliphatic rings. The number of anilines is 1. The highest BCUT2D eigenvalue weighted by atomic mass is 16.6. The molecule has 7 heteroatoms. The first-order chi connectivity index (χ1) is 11.7. The lowest BCUT2D eigenvalue weighted by Crippen LogP contribution is -2.28. The molecule has 1 aromatic rings. The van der Waals surface area contributed by atoms with E-state index in [9.17, 15) is 9.59 Å². The van der Waals surface area contributed by atoms with Gasteiger partial charge < -0.3 is 24.8 Å². The summed E-state index contributed by atoms with van der Waals surface area (Å²) in [5.74, 6) is 0.615. The van der Waals surface area contributed by atoms with Gasteiger partial charge in [0.15, 0.2) is 11.5 Å². The quantitative estimate of drug-likeness (QED) is 0.732. The average Bonchev–Trinajstić information content (AvgIpc) is 3.39. The summed E-state index contributed by atoms with van der Waals surface area (Å²) in [4.78, 5) is 24.2. The summed E-state index contributed by atoms with van der Waals surface area (Å²) in [7, 11) is 1.63. The molecule has 0 bridgehead atoms. The first-order valence-corrected chi connectivity index (χ1v) is 8.16. The fourth-order valence-corrected chi connectivity index (χ4v) is 2.69. The lowest BCUT2D eigenvalue weighted by molar-refractivity contribution is -0.125. The van der Waals surface area contributed by atoms with Crippen molar-refractivity contribution < 1.29 is 23.8 Å². The molecule has 1 saturated carbocycles. The number of rotatable bonds is 7. The van der Waals surface area contributed by atoms with Crippen molar-refractivity contribution in [2.24, 2.45) is 11.8 Å². The third-order valence-electron chi connectivity index (χ3n) is 4.10. The maximum absolute atomic E-state index is 12.3. The summed E-state index contributed by atoms with van der Waals surface area (Å²) >= 11 is 0. The van der Waals surface area contributed by atoms with Crippen LogP contribution in [0.25, 0.3) is 0 Å². The Balaban J connectivity index is 1.47. The van der Waals surface area contributed by atoms with Crippen LogP contribution in [-0.4, -0.2) is 45.3 Å². The number of benzene rings is 1. The number of nitrogens with one attached hydrogen (secondary N) is 2. The van der Waals surface area contributed by atoms with E-state index >= 15 is 0 Å². The first-order valence-electron chi connectivity index (χ1n) is 8.16. The molecule has 1 heterocycles. The van der Waals surface area contributed by atoms with Crippen LogP contribution >= 0.6 is 0 Å². The summed E-state index contributed by atoms with van der Waals surface area (Å²) in [5, 5.41) is 5.67. The highest BCUT2D eigenvalue weighted by molar-refractivity contribution is 5.99. The molecule has 1 fully saturated rings. The van der Waals surface area contributed by atoms with E-state index in [2.05, 4.69) is 10.6 Å². The fraction of sp³-hybridized carbons (Fsp3) is 0.529. The Bertz CT molecular complexity index is 619. The summed E-state index contributed by atoms with van der Waals surface area (Å²) in [6, 6.07) is 5.29. The molecule has 1 aliphatic carbocycles. The molecule has 130 valence electrons. The van der Waals surface area contributed by atoms with Crippen molar-refractivity contribution in [1.82, 2.24) is 5.32 Å². The van der Waals surface area contributed by atoms with Crippen LogP contribution in [0.3, 0.4) is 0 Å². The molecule has 0 saturated heterocycles. The van der Waals surface area contributed by atoms with Crippen LogP contribution in [0.4, 0.5) is 5.69 Å². The van der Waals surface area contributed by atoms with Crippen molar-refractivity contribution in [1.29, 1.82) is 0 Å². The van der Waals surface area contributed by atoms with Crippen LogP contribution in [0.5, 0.6) is 11.5 Å². The smallest absolute Gasteiger partial charge is 0.228 e. The number of methoxy groups -OCH3 is 1. The largest absolute Gasteiger partial charge is 0.486 e. The number of amides is 2. The van der Waals surface area contributed by atoms with Crippen molar-refractivity contribution in [3.8, 4) is 11.5 Å². The second-order valence-corrected chi connectivity index (χ2v) is 5.93. The van der Waals surface area contributed by atoms with Crippen LogP contribution in [0.15, 0.2) is 18.2 Å². The van der Waals surface area contributed by atoms with E-state index in [4.69, 9.17) is 14.2 Å². The van der Waals surface area contributed by atoms with E-state index in [0.717, 1.165) is 6.42 Å². The number of carbonyl (C=O) groups excluding carboxylic acids is 2. The Morgan fingerprint density at radius 2 is 1.92 bits per heavy atom. The number of carbonyl (C=O) groups is 2. The Morgan fingerprint density at radius 3 is 2.71 bits per heavy atom. The molecule has 0 aromatic heterocycles. The van der Waals surface area contributed by atoms with Crippen LogP contribution in [0, 0.1) is 11.8 Å². The van der Waals surface area contributed by atoms with Crippen molar-refractivity contribution in [3.63, 3.8) is 0 Å². The van der Waals surface area contributed by atoms with E-state index in [1.807, 2.05) is 0 Å². The molecular weight excluding hydrogens is 312 g/mol.